The highest BCUT2D eigenvalue weighted by Gasteiger charge is 2.27. The van der Waals surface area contributed by atoms with Gasteiger partial charge >= 0.3 is 0 Å². The number of nitrogens with zero attached hydrogens (tertiary/aromatic N) is 4. The molecule has 4 heteroatoms. The van der Waals surface area contributed by atoms with Crippen LogP contribution in [0.1, 0.15) is 11.1 Å². The van der Waals surface area contributed by atoms with Crippen LogP contribution in [0, 0.1) is 22.7 Å². The molecule has 0 saturated heterocycles. The van der Waals surface area contributed by atoms with Gasteiger partial charge < -0.3 is 0 Å². The van der Waals surface area contributed by atoms with Crippen LogP contribution in [-0.2, 0) is 0 Å². The molecule has 5 rings (SSSR count). The van der Waals surface area contributed by atoms with E-state index in [1.807, 2.05) is 84.9 Å². The Bertz CT molecular complexity index is 1410. The molecule has 0 atom stereocenters. The van der Waals surface area contributed by atoms with Gasteiger partial charge in [-0.05, 0) is 57.6 Å². The molecule has 0 radical (unpaired) electrons. The Balaban J connectivity index is 2.08. The number of hydrogen-bond acceptors (Lipinski definition) is 4. The van der Waals surface area contributed by atoms with Crippen molar-refractivity contribution < 1.29 is 0 Å². The normalized spacial score (nSPS) is 10.3. The van der Waals surface area contributed by atoms with E-state index in [0.717, 1.165) is 44.5 Å². The van der Waals surface area contributed by atoms with E-state index in [-0.39, 0.29) is 0 Å². The topological polar surface area (TPSA) is 73.4 Å². The van der Waals surface area contributed by atoms with Crippen molar-refractivity contribution in [2.75, 3.05) is 0 Å². The lowest BCUT2D eigenvalue weighted by atomic mass is 9.78. The van der Waals surface area contributed by atoms with Crippen molar-refractivity contribution in [3.05, 3.63) is 121 Å². The highest BCUT2D eigenvalue weighted by atomic mass is 14.6. The van der Waals surface area contributed by atoms with E-state index in [4.69, 9.17) is 0 Å². The van der Waals surface area contributed by atoms with Gasteiger partial charge in [0.15, 0.2) is 0 Å². The third-order valence-corrected chi connectivity index (χ3v) is 5.79. The highest BCUT2D eigenvalue weighted by Crippen LogP contribution is 2.49. The molecular formula is C30H18N4. The molecule has 0 aliphatic heterocycles. The average Bonchev–Trinajstić information content (AvgIpc) is 2.93. The predicted octanol–water partition coefficient (Wildman–Crippen LogP) is 6.89. The van der Waals surface area contributed by atoms with Gasteiger partial charge in [-0.3, -0.25) is 9.97 Å². The van der Waals surface area contributed by atoms with Gasteiger partial charge in [0.1, 0.15) is 12.1 Å². The Morgan fingerprint density at radius 3 is 1.06 bits per heavy atom. The second-order valence-corrected chi connectivity index (χ2v) is 7.68. The maximum Gasteiger partial charge on any atom is 0.101 e. The zero-order chi connectivity index (χ0) is 23.3. The van der Waals surface area contributed by atoms with Crippen LogP contribution < -0.4 is 0 Å². The van der Waals surface area contributed by atoms with Crippen LogP contribution in [0.5, 0.6) is 0 Å². The van der Waals surface area contributed by atoms with Crippen molar-refractivity contribution in [1.29, 1.82) is 10.5 Å². The van der Waals surface area contributed by atoms with Crippen molar-refractivity contribution in [3.8, 4) is 56.6 Å². The predicted molar refractivity (Wildman–Crippen MR) is 133 cm³/mol. The molecule has 0 amide bonds. The zero-order valence-corrected chi connectivity index (χ0v) is 18.2. The first-order valence-electron chi connectivity index (χ1n) is 10.8. The number of benzene rings is 3. The van der Waals surface area contributed by atoms with Gasteiger partial charge in [0.05, 0.1) is 11.1 Å². The number of nitriles is 2. The van der Waals surface area contributed by atoms with Crippen molar-refractivity contribution in [2.45, 2.75) is 0 Å². The summed E-state index contributed by atoms with van der Waals surface area (Å²) in [6.45, 7) is 0. The lowest BCUT2D eigenvalue weighted by molar-refractivity contribution is 1.32. The van der Waals surface area contributed by atoms with E-state index in [1.165, 1.54) is 0 Å². The summed E-state index contributed by atoms with van der Waals surface area (Å²) < 4.78 is 0. The summed E-state index contributed by atoms with van der Waals surface area (Å²) in [5, 5.41) is 20.7. The van der Waals surface area contributed by atoms with Gasteiger partial charge in [0, 0.05) is 35.9 Å². The highest BCUT2D eigenvalue weighted by molar-refractivity contribution is 6.06. The smallest absolute Gasteiger partial charge is 0.101 e. The van der Waals surface area contributed by atoms with E-state index in [0.29, 0.717) is 11.1 Å². The van der Waals surface area contributed by atoms with Crippen LogP contribution in [-0.4, -0.2) is 9.97 Å². The first-order chi connectivity index (χ1) is 16.8. The SMILES string of the molecule is N#Cc1c(C#N)c(-c2ccncc2)c(-c2ccccc2)c(-c2ccccc2)c1-c1ccncc1. The first-order valence-corrected chi connectivity index (χ1v) is 10.8. The summed E-state index contributed by atoms with van der Waals surface area (Å²) in [7, 11) is 0. The molecule has 0 bridgehead atoms. The summed E-state index contributed by atoms with van der Waals surface area (Å²) in [6.07, 6.45) is 6.82. The van der Waals surface area contributed by atoms with E-state index in [1.54, 1.807) is 24.8 Å². The fourth-order valence-electron chi connectivity index (χ4n) is 4.38. The van der Waals surface area contributed by atoms with Crippen LogP contribution >= 0.6 is 0 Å². The monoisotopic (exact) mass is 434 g/mol. The number of rotatable bonds is 4. The molecule has 34 heavy (non-hydrogen) atoms. The summed E-state index contributed by atoms with van der Waals surface area (Å²) in [5.74, 6) is 0. The molecular weight excluding hydrogens is 416 g/mol. The van der Waals surface area contributed by atoms with Crippen molar-refractivity contribution in [3.63, 3.8) is 0 Å². The lowest BCUT2D eigenvalue weighted by Crippen LogP contribution is -2.02. The minimum Gasteiger partial charge on any atom is -0.265 e. The van der Waals surface area contributed by atoms with Crippen molar-refractivity contribution in [2.24, 2.45) is 0 Å². The standard InChI is InChI=1S/C30H18N4/c31-19-25-26(20-32)28(24-13-17-34-18-14-24)30(22-9-5-2-6-10-22)29(21-7-3-1-4-8-21)27(25)23-11-15-33-16-12-23/h1-18H. The Morgan fingerprint density at radius 1 is 0.412 bits per heavy atom. The largest absolute Gasteiger partial charge is 0.265 e. The van der Waals surface area contributed by atoms with Crippen LogP contribution in [0.3, 0.4) is 0 Å². The van der Waals surface area contributed by atoms with Gasteiger partial charge in [-0.25, -0.2) is 0 Å². The number of hydrogen-bond donors (Lipinski definition) is 0. The van der Waals surface area contributed by atoms with Crippen LogP contribution in [0.15, 0.2) is 110 Å². The van der Waals surface area contributed by atoms with Crippen LogP contribution in [0.4, 0.5) is 0 Å². The summed E-state index contributed by atoms with van der Waals surface area (Å²) in [5.41, 5.74) is 7.54. The summed E-state index contributed by atoms with van der Waals surface area (Å²) >= 11 is 0. The molecule has 5 aromatic rings. The maximum atomic E-state index is 10.4. The molecule has 0 unspecified atom stereocenters. The summed E-state index contributed by atoms with van der Waals surface area (Å²) in [4.78, 5) is 8.32. The van der Waals surface area contributed by atoms with Gasteiger partial charge in [0.25, 0.3) is 0 Å². The Morgan fingerprint density at radius 2 is 0.735 bits per heavy atom. The molecule has 0 N–H and O–H groups in total. The van der Waals surface area contributed by atoms with Crippen molar-refractivity contribution in [1.82, 2.24) is 9.97 Å². The van der Waals surface area contributed by atoms with Gasteiger partial charge in [-0.15, -0.1) is 0 Å². The Kier molecular flexibility index (Phi) is 5.64. The number of pyridine rings is 2. The second-order valence-electron chi connectivity index (χ2n) is 7.68. The second kappa shape index (κ2) is 9.20. The fourth-order valence-corrected chi connectivity index (χ4v) is 4.38. The molecule has 2 aromatic heterocycles. The molecule has 0 aliphatic carbocycles. The Hall–Kier alpha value is -5.06. The van der Waals surface area contributed by atoms with Gasteiger partial charge in [-0.1, -0.05) is 60.7 Å². The van der Waals surface area contributed by atoms with Crippen LogP contribution in [0.25, 0.3) is 44.5 Å². The van der Waals surface area contributed by atoms with E-state index < -0.39 is 0 Å². The van der Waals surface area contributed by atoms with Gasteiger partial charge in [0.2, 0.25) is 0 Å². The lowest BCUT2D eigenvalue weighted by Gasteiger charge is -2.23. The third-order valence-electron chi connectivity index (χ3n) is 5.79. The van der Waals surface area contributed by atoms with Crippen LogP contribution in [0.2, 0.25) is 0 Å². The van der Waals surface area contributed by atoms with E-state index >= 15 is 0 Å². The number of aromatic nitrogens is 2. The molecule has 3 aromatic carbocycles. The molecule has 0 aliphatic rings. The van der Waals surface area contributed by atoms with E-state index in [2.05, 4.69) is 22.1 Å². The third kappa shape index (κ3) is 3.60. The molecule has 0 fully saturated rings. The maximum absolute atomic E-state index is 10.4. The summed E-state index contributed by atoms with van der Waals surface area (Å²) in [6, 6.07) is 32.2. The minimum absolute atomic E-state index is 0.346. The molecule has 158 valence electrons. The van der Waals surface area contributed by atoms with Gasteiger partial charge in [-0.2, -0.15) is 10.5 Å². The van der Waals surface area contributed by atoms with E-state index in [9.17, 15) is 10.5 Å². The first kappa shape index (κ1) is 20.8. The Labute approximate surface area is 198 Å². The molecule has 0 saturated carbocycles. The molecule has 0 spiro atoms. The zero-order valence-electron chi connectivity index (χ0n) is 18.2. The fraction of sp³-hybridized carbons (Fsp3) is 0. The molecule has 2 heterocycles. The molecule has 4 nitrogen and oxygen atoms in total. The average molecular weight is 435 g/mol. The minimum atomic E-state index is 0.346. The van der Waals surface area contributed by atoms with Crippen molar-refractivity contribution >= 4 is 0 Å². The quantitative estimate of drug-likeness (QED) is 0.309.